The molecule has 2 rings (SSSR count). The number of ketones is 1. The lowest BCUT2D eigenvalue weighted by Gasteiger charge is -2.33. The summed E-state index contributed by atoms with van der Waals surface area (Å²) in [5.74, 6) is -0.271. The van der Waals surface area contributed by atoms with E-state index < -0.39 is 11.7 Å². The zero-order valence-corrected chi connectivity index (χ0v) is 9.10. The zero-order chi connectivity index (χ0) is 11.6. The van der Waals surface area contributed by atoms with Crippen molar-refractivity contribution >= 4 is 5.78 Å². The van der Waals surface area contributed by atoms with E-state index in [0.29, 0.717) is 24.8 Å². The number of carbonyl (C=O) groups is 1. The van der Waals surface area contributed by atoms with Gasteiger partial charge in [0.05, 0.1) is 6.10 Å². The van der Waals surface area contributed by atoms with Crippen LogP contribution < -0.4 is 0 Å². The van der Waals surface area contributed by atoms with Gasteiger partial charge in [0, 0.05) is 12.0 Å². The highest BCUT2D eigenvalue weighted by atomic mass is 16.3. The number of carbonyl (C=O) groups excluding carboxylic acids is 1. The summed E-state index contributed by atoms with van der Waals surface area (Å²) >= 11 is 0. The van der Waals surface area contributed by atoms with Gasteiger partial charge in [-0.15, -0.1) is 0 Å². The molecule has 86 valence electrons. The normalized spacial score (nSPS) is 30.0. The molecule has 2 atom stereocenters. The summed E-state index contributed by atoms with van der Waals surface area (Å²) < 4.78 is 0. The first-order valence-corrected chi connectivity index (χ1v) is 5.62. The van der Waals surface area contributed by atoms with Gasteiger partial charge in [0.15, 0.2) is 5.78 Å². The number of benzene rings is 1. The summed E-state index contributed by atoms with van der Waals surface area (Å²) in [4.78, 5) is 12.1. The van der Waals surface area contributed by atoms with Gasteiger partial charge in [-0.2, -0.15) is 0 Å². The SMILES string of the molecule is O=C(c1ccccc1)C1(O)CCCC(O)C1. The van der Waals surface area contributed by atoms with Gasteiger partial charge in [0.2, 0.25) is 0 Å². The number of Topliss-reactive ketones (excluding diaryl/α,β-unsaturated/α-hetero) is 1. The number of hydrogen-bond donors (Lipinski definition) is 2. The number of hydrogen-bond acceptors (Lipinski definition) is 3. The molecule has 2 unspecified atom stereocenters. The molecule has 3 nitrogen and oxygen atoms in total. The number of rotatable bonds is 2. The molecule has 0 radical (unpaired) electrons. The third-order valence-electron chi connectivity index (χ3n) is 3.16. The van der Waals surface area contributed by atoms with Crippen molar-refractivity contribution in [1.29, 1.82) is 0 Å². The molecule has 1 fully saturated rings. The smallest absolute Gasteiger partial charge is 0.194 e. The van der Waals surface area contributed by atoms with Gasteiger partial charge in [-0.25, -0.2) is 0 Å². The van der Waals surface area contributed by atoms with Crippen LogP contribution in [0.1, 0.15) is 36.0 Å². The van der Waals surface area contributed by atoms with Gasteiger partial charge >= 0.3 is 0 Å². The molecular formula is C13H16O3. The molecule has 1 aliphatic rings. The van der Waals surface area contributed by atoms with Crippen molar-refractivity contribution in [1.82, 2.24) is 0 Å². The minimum Gasteiger partial charge on any atom is -0.393 e. The predicted octanol–water partition coefficient (Wildman–Crippen LogP) is 1.54. The van der Waals surface area contributed by atoms with E-state index in [4.69, 9.17) is 0 Å². The van der Waals surface area contributed by atoms with Crippen molar-refractivity contribution < 1.29 is 15.0 Å². The Morgan fingerprint density at radius 2 is 2.00 bits per heavy atom. The molecule has 1 aromatic rings. The Labute approximate surface area is 94.7 Å². The lowest BCUT2D eigenvalue weighted by molar-refractivity contribution is -0.0267. The lowest BCUT2D eigenvalue weighted by atomic mass is 9.78. The van der Waals surface area contributed by atoms with Crippen molar-refractivity contribution in [2.24, 2.45) is 0 Å². The molecule has 0 saturated heterocycles. The maximum Gasteiger partial charge on any atom is 0.194 e. The third-order valence-corrected chi connectivity index (χ3v) is 3.16. The van der Waals surface area contributed by atoms with Crippen LogP contribution in [0.15, 0.2) is 30.3 Å². The van der Waals surface area contributed by atoms with Crippen LogP contribution in [-0.4, -0.2) is 27.7 Å². The van der Waals surface area contributed by atoms with E-state index in [0.717, 1.165) is 0 Å². The lowest BCUT2D eigenvalue weighted by Crippen LogP contribution is -2.44. The van der Waals surface area contributed by atoms with Gasteiger partial charge in [0.1, 0.15) is 5.60 Å². The van der Waals surface area contributed by atoms with Crippen molar-refractivity contribution in [3.8, 4) is 0 Å². The van der Waals surface area contributed by atoms with Crippen molar-refractivity contribution in [2.75, 3.05) is 0 Å². The van der Waals surface area contributed by atoms with E-state index in [2.05, 4.69) is 0 Å². The highest BCUT2D eigenvalue weighted by molar-refractivity contribution is 6.02. The maximum atomic E-state index is 12.1. The Bertz CT molecular complexity index is 374. The summed E-state index contributed by atoms with van der Waals surface area (Å²) in [6.07, 6.45) is 1.39. The Kier molecular flexibility index (Phi) is 3.08. The van der Waals surface area contributed by atoms with Crippen LogP contribution in [0, 0.1) is 0 Å². The number of aliphatic hydroxyl groups excluding tert-OH is 1. The molecule has 1 aromatic carbocycles. The Morgan fingerprint density at radius 1 is 1.31 bits per heavy atom. The molecule has 3 heteroatoms. The topological polar surface area (TPSA) is 57.5 Å². The average Bonchev–Trinajstić information content (AvgIpc) is 2.29. The fraction of sp³-hybridized carbons (Fsp3) is 0.462. The summed E-state index contributed by atoms with van der Waals surface area (Å²) in [5, 5.41) is 19.8. The highest BCUT2D eigenvalue weighted by Gasteiger charge is 2.40. The first kappa shape index (κ1) is 11.3. The summed E-state index contributed by atoms with van der Waals surface area (Å²) in [6, 6.07) is 8.77. The highest BCUT2D eigenvalue weighted by Crippen LogP contribution is 2.31. The van der Waals surface area contributed by atoms with Crippen LogP contribution in [0.5, 0.6) is 0 Å². The Hall–Kier alpha value is -1.19. The van der Waals surface area contributed by atoms with Crippen LogP contribution in [0.4, 0.5) is 0 Å². The fourth-order valence-corrected chi connectivity index (χ4v) is 2.29. The molecule has 16 heavy (non-hydrogen) atoms. The standard InChI is InChI=1S/C13H16O3/c14-11-7-4-8-13(16,9-11)12(15)10-5-2-1-3-6-10/h1-3,5-6,11,14,16H,4,7-9H2. The van der Waals surface area contributed by atoms with Crippen molar-refractivity contribution in [3.63, 3.8) is 0 Å². The van der Waals surface area contributed by atoms with E-state index in [-0.39, 0.29) is 12.2 Å². The second-order valence-corrected chi connectivity index (χ2v) is 4.48. The van der Waals surface area contributed by atoms with Gasteiger partial charge < -0.3 is 10.2 Å². The van der Waals surface area contributed by atoms with E-state index >= 15 is 0 Å². The summed E-state index contributed by atoms with van der Waals surface area (Å²) in [6.45, 7) is 0. The Balaban J connectivity index is 2.21. The number of aliphatic hydroxyl groups is 2. The van der Waals surface area contributed by atoms with E-state index in [1.807, 2.05) is 6.07 Å². The van der Waals surface area contributed by atoms with Crippen molar-refractivity contribution in [3.05, 3.63) is 35.9 Å². The van der Waals surface area contributed by atoms with Gasteiger partial charge in [-0.05, 0) is 19.3 Å². The first-order chi connectivity index (χ1) is 7.62. The second-order valence-electron chi connectivity index (χ2n) is 4.48. The zero-order valence-electron chi connectivity index (χ0n) is 9.10. The molecular weight excluding hydrogens is 204 g/mol. The second kappa shape index (κ2) is 4.36. The average molecular weight is 220 g/mol. The molecule has 1 aliphatic carbocycles. The quantitative estimate of drug-likeness (QED) is 0.743. The van der Waals surface area contributed by atoms with Crippen LogP contribution in [-0.2, 0) is 0 Å². The molecule has 1 saturated carbocycles. The van der Waals surface area contributed by atoms with Crippen LogP contribution in [0.3, 0.4) is 0 Å². The Morgan fingerprint density at radius 3 is 2.62 bits per heavy atom. The molecule has 0 aromatic heterocycles. The molecule has 0 amide bonds. The molecule has 0 aliphatic heterocycles. The van der Waals surface area contributed by atoms with E-state index in [1.54, 1.807) is 24.3 Å². The van der Waals surface area contributed by atoms with E-state index in [1.165, 1.54) is 0 Å². The van der Waals surface area contributed by atoms with Crippen LogP contribution in [0.2, 0.25) is 0 Å². The molecule has 2 N–H and O–H groups in total. The maximum absolute atomic E-state index is 12.1. The molecule has 0 spiro atoms. The minimum absolute atomic E-state index is 0.153. The van der Waals surface area contributed by atoms with Gasteiger partial charge in [0.25, 0.3) is 0 Å². The van der Waals surface area contributed by atoms with Crippen LogP contribution >= 0.6 is 0 Å². The fourth-order valence-electron chi connectivity index (χ4n) is 2.29. The van der Waals surface area contributed by atoms with Gasteiger partial charge in [-0.1, -0.05) is 30.3 Å². The summed E-state index contributed by atoms with van der Waals surface area (Å²) in [5.41, 5.74) is -0.863. The largest absolute Gasteiger partial charge is 0.393 e. The van der Waals surface area contributed by atoms with E-state index in [9.17, 15) is 15.0 Å². The molecule has 0 heterocycles. The van der Waals surface area contributed by atoms with Crippen molar-refractivity contribution in [2.45, 2.75) is 37.4 Å². The summed E-state index contributed by atoms with van der Waals surface area (Å²) in [7, 11) is 0. The van der Waals surface area contributed by atoms with Crippen LogP contribution in [0.25, 0.3) is 0 Å². The van der Waals surface area contributed by atoms with Gasteiger partial charge in [-0.3, -0.25) is 4.79 Å². The minimum atomic E-state index is -1.38. The monoisotopic (exact) mass is 220 g/mol. The predicted molar refractivity (Wildman–Crippen MR) is 60.2 cm³/mol. The first-order valence-electron chi connectivity index (χ1n) is 5.62. The third kappa shape index (κ3) is 2.15. The molecule has 0 bridgehead atoms.